The highest BCUT2D eigenvalue weighted by molar-refractivity contribution is 6.03. The number of carboxylic acid groups (broad SMARTS) is 1. The predicted octanol–water partition coefficient (Wildman–Crippen LogP) is -0.00850. The van der Waals surface area contributed by atoms with Gasteiger partial charge in [0.1, 0.15) is 5.69 Å². The number of aromatic nitrogens is 4. The van der Waals surface area contributed by atoms with Crippen LogP contribution in [-0.2, 0) is 0 Å². The minimum absolute atomic E-state index is 0.0342. The third-order valence-electron chi connectivity index (χ3n) is 2.04. The number of nitro groups is 1. The van der Waals surface area contributed by atoms with Crippen LogP contribution in [0.25, 0.3) is 0 Å². The van der Waals surface area contributed by atoms with Crippen LogP contribution in [0, 0.1) is 10.1 Å². The van der Waals surface area contributed by atoms with E-state index in [4.69, 9.17) is 5.11 Å². The van der Waals surface area contributed by atoms with Crippen molar-refractivity contribution in [3.63, 3.8) is 0 Å². The molecule has 0 radical (unpaired) electrons. The molecule has 2 aromatic rings. The van der Waals surface area contributed by atoms with Crippen LogP contribution in [0.4, 0.5) is 11.6 Å². The van der Waals surface area contributed by atoms with Crippen molar-refractivity contribution < 1.29 is 19.6 Å². The second kappa shape index (κ2) is 4.56. The lowest BCUT2D eigenvalue weighted by atomic mass is 10.4. The van der Waals surface area contributed by atoms with E-state index in [9.17, 15) is 19.7 Å². The van der Waals surface area contributed by atoms with Gasteiger partial charge in [0.15, 0.2) is 11.5 Å². The van der Waals surface area contributed by atoms with Gasteiger partial charge in [-0.2, -0.15) is 5.10 Å². The Kier molecular flexibility index (Phi) is 2.93. The normalized spacial score (nSPS) is 10.1. The van der Waals surface area contributed by atoms with Gasteiger partial charge in [-0.15, -0.1) is 5.10 Å². The summed E-state index contributed by atoms with van der Waals surface area (Å²) >= 11 is 0. The molecule has 0 aliphatic heterocycles. The molecule has 0 aromatic carbocycles. The highest BCUT2D eigenvalue weighted by atomic mass is 16.6. The quantitative estimate of drug-likeness (QED) is 0.445. The van der Waals surface area contributed by atoms with Crippen LogP contribution in [-0.4, -0.2) is 42.3 Å². The van der Waals surface area contributed by atoms with Gasteiger partial charge in [0.25, 0.3) is 5.91 Å². The molecule has 4 N–H and O–H groups in total. The Morgan fingerprint density at radius 3 is 2.58 bits per heavy atom. The van der Waals surface area contributed by atoms with E-state index in [0.717, 1.165) is 12.1 Å². The maximum absolute atomic E-state index is 11.6. The number of nitrogens with one attached hydrogen (secondary N) is 3. The number of rotatable bonds is 4. The summed E-state index contributed by atoms with van der Waals surface area (Å²) in [6.45, 7) is 0. The topological polar surface area (TPSA) is 167 Å². The van der Waals surface area contributed by atoms with Crippen LogP contribution < -0.4 is 5.32 Å². The first-order valence-electron chi connectivity index (χ1n) is 4.77. The van der Waals surface area contributed by atoms with Crippen LogP contribution in [0.15, 0.2) is 12.1 Å². The molecule has 11 heteroatoms. The van der Waals surface area contributed by atoms with Gasteiger partial charge in [-0.25, -0.2) is 4.79 Å². The molecule has 2 heterocycles. The smallest absolute Gasteiger partial charge is 0.353 e. The van der Waals surface area contributed by atoms with Crippen molar-refractivity contribution in [2.24, 2.45) is 0 Å². The monoisotopic (exact) mass is 266 g/mol. The van der Waals surface area contributed by atoms with E-state index in [1.807, 2.05) is 0 Å². The number of hydrogen-bond acceptors (Lipinski definition) is 6. The van der Waals surface area contributed by atoms with E-state index in [2.05, 4.69) is 25.7 Å². The van der Waals surface area contributed by atoms with Gasteiger partial charge in [0.05, 0.1) is 6.07 Å². The molecule has 0 atom stereocenters. The van der Waals surface area contributed by atoms with E-state index in [0.29, 0.717) is 0 Å². The SMILES string of the molecule is O=C(Nc1cc(C(=O)O)[nH]n1)c1cc([N+](=O)[O-])[nH]n1. The number of nitrogens with zero attached hydrogens (tertiary/aromatic N) is 3. The highest BCUT2D eigenvalue weighted by Gasteiger charge is 2.18. The molecule has 0 bridgehead atoms. The van der Waals surface area contributed by atoms with Gasteiger partial charge in [0.2, 0.25) is 0 Å². The fourth-order valence-corrected chi connectivity index (χ4v) is 1.20. The summed E-state index contributed by atoms with van der Waals surface area (Å²) in [7, 11) is 0. The molecule has 11 nitrogen and oxygen atoms in total. The molecule has 98 valence electrons. The van der Waals surface area contributed by atoms with Crippen molar-refractivity contribution in [1.82, 2.24) is 20.4 Å². The summed E-state index contributed by atoms with van der Waals surface area (Å²) in [5, 5.41) is 32.5. The molecule has 0 aliphatic carbocycles. The summed E-state index contributed by atoms with van der Waals surface area (Å²) in [4.78, 5) is 31.8. The van der Waals surface area contributed by atoms with Crippen LogP contribution in [0.2, 0.25) is 0 Å². The average Bonchev–Trinajstić information content (AvgIpc) is 2.96. The molecule has 0 aliphatic rings. The maximum Gasteiger partial charge on any atom is 0.353 e. The van der Waals surface area contributed by atoms with Crippen molar-refractivity contribution in [1.29, 1.82) is 0 Å². The fourth-order valence-electron chi connectivity index (χ4n) is 1.20. The molecular formula is C8H6N6O5. The van der Waals surface area contributed by atoms with E-state index < -0.39 is 22.6 Å². The first-order valence-corrected chi connectivity index (χ1v) is 4.77. The number of aromatic amines is 2. The number of amides is 1. The van der Waals surface area contributed by atoms with Crippen LogP contribution >= 0.6 is 0 Å². The van der Waals surface area contributed by atoms with Crippen LogP contribution in [0.1, 0.15) is 21.0 Å². The van der Waals surface area contributed by atoms with E-state index >= 15 is 0 Å². The Hall–Kier alpha value is -3.24. The maximum atomic E-state index is 11.6. The number of anilines is 1. The highest BCUT2D eigenvalue weighted by Crippen LogP contribution is 2.11. The van der Waals surface area contributed by atoms with Gasteiger partial charge < -0.3 is 20.5 Å². The Labute approximate surface area is 103 Å². The van der Waals surface area contributed by atoms with Crippen molar-refractivity contribution in [2.45, 2.75) is 0 Å². The number of carbonyl (C=O) groups is 2. The molecule has 2 aromatic heterocycles. The van der Waals surface area contributed by atoms with Gasteiger partial charge in [-0.05, 0) is 4.92 Å². The molecule has 0 unspecified atom stereocenters. The molecule has 2 rings (SSSR count). The second-order valence-corrected chi connectivity index (χ2v) is 3.32. The summed E-state index contributed by atoms with van der Waals surface area (Å²) in [6.07, 6.45) is 0. The fraction of sp³-hybridized carbons (Fsp3) is 0. The zero-order valence-corrected chi connectivity index (χ0v) is 9.08. The third-order valence-corrected chi connectivity index (χ3v) is 2.04. The first kappa shape index (κ1) is 12.2. The molecule has 19 heavy (non-hydrogen) atoms. The third kappa shape index (κ3) is 2.54. The largest absolute Gasteiger partial charge is 0.477 e. The molecule has 0 spiro atoms. The zero-order valence-electron chi connectivity index (χ0n) is 9.08. The molecule has 0 saturated carbocycles. The number of hydrogen-bond donors (Lipinski definition) is 4. The van der Waals surface area contributed by atoms with E-state index in [-0.39, 0.29) is 17.2 Å². The number of carbonyl (C=O) groups excluding carboxylic acids is 1. The molecule has 1 amide bonds. The minimum atomic E-state index is -1.23. The Morgan fingerprint density at radius 1 is 1.32 bits per heavy atom. The van der Waals surface area contributed by atoms with Gasteiger partial charge in [-0.1, -0.05) is 5.10 Å². The van der Waals surface area contributed by atoms with Crippen LogP contribution in [0.5, 0.6) is 0 Å². The second-order valence-electron chi connectivity index (χ2n) is 3.32. The Morgan fingerprint density at radius 2 is 2.05 bits per heavy atom. The average molecular weight is 266 g/mol. The van der Waals surface area contributed by atoms with Crippen LogP contribution in [0.3, 0.4) is 0 Å². The Balaban J connectivity index is 2.11. The lowest BCUT2D eigenvalue weighted by molar-refractivity contribution is -0.389. The van der Waals surface area contributed by atoms with Gasteiger partial charge in [0, 0.05) is 6.07 Å². The minimum Gasteiger partial charge on any atom is -0.477 e. The molecular weight excluding hydrogens is 260 g/mol. The predicted molar refractivity (Wildman–Crippen MR) is 58.7 cm³/mol. The van der Waals surface area contributed by atoms with Gasteiger partial charge >= 0.3 is 11.8 Å². The standard InChI is InChI=1S/C8H6N6O5/c15-7(3-2-6(13-10-3)14(18)19)9-5-1-4(8(16)17)11-12-5/h1-2H,(H,10,13)(H,16,17)(H2,9,11,12,15). The molecule has 0 saturated heterocycles. The zero-order chi connectivity index (χ0) is 14.0. The molecule has 0 fully saturated rings. The summed E-state index contributed by atoms with van der Waals surface area (Å²) in [5.41, 5.74) is -0.421. The number of H-pyrrole nitrogens is 2. The lowest BCUT2D eigenvalue weighted by Crippen LogP contribution is -2.12. The summed E-state index contributed by atoms with van der Waals surface area (Å²) < 4.78 is 0. The summed E-state index contributed by atoms with van der Waals surface area (Å²) in [5.74, 6) is -2.46. The van der Waals surface area contributed by atoms with Crippen molar-refractivity contribution in [2.75, 3.05) is 5.32 Å². The van der Waals surface area contributed by atoms with E-state index in [1.54, 1.807) is 0 Å². The Bertz CT molecular complexity index is 658. The van der Waals surface area contributed by atoms with E-state index in [1.165, 1.54) is 0 Å². The number of carboxylic acids is 1. The number of aromatic carboxylic acids is 1. The van der Waals surface area contributed by atoms with Crippen molar-refractivity contribution in [3.05, 3.63) is 33.6 Å². The summed E-state index contributed by atoms with van der Waals surface area (Å²) in [6, 6.07) is 2.04. The van der Waals surface area contributed by atoms with Crippen molar-refractivity contribution in [3.8, 4) is 0 Å². The van der Waals surface area contributed by atoms with Gasteiger partial charge in [-0.3, -0.25) is 9.89 Å². The lowest BCUT2D eigenvalue weighted by Gasteiger charge is -1.95. The van der Waals surface area contributed by atoms with Crippen molar-refractivity contribution >= 4 is 23.5 Å². The first-order chi connectivity index (χ1) is 8.97.